The molecule has 0 aliphatic heterocycles. The van der Waals surface area contributed by atoms with Crippen LogP contribution in [0.1, 0.15) is 13.8 Å². The SMILES string of the molecule is CC.c1cc2ccc3c(-c4ccc(-c5cccc6c5sc5ccccc56)cc4)cc(-c4ccc(-c5cccc6c5sc5ccccc56)cc4)c4ccc(c1)c2c34. The zero-order valence-electron chi connectivity index (χ0n) is 31.1. The second-order valence-electron chi connectivity index (χ2n) is 14.4. The van der Waals surface area contributed by atoms with E-state index in [-0.39, 0.29) is 0 Å². The van der Waals surface area contributed by atoms with E-state index in [4.69, 9.17) is 0 Å². The zero-order chi connectivity index (χ0) is 37.3. The predicted molar refractivity (Wildman–Crippen MR) is 249 cm³/mol. The molecule has 0 aliphatic carbocycles. The largest absolute Gasteiger partial charge is 0.135 e. The molecule has 0 bridgehead atoms. The Bertz CT molecular complexity index is 3190. The number of fused-ring (bicyclic) bond motifs is 6. The average Bonchev–Trinajstić information content (AvgIpc) is 3.85. The van der Waals surface area contributed by atoms with Crippen molar-refractivity contribution in [1.82, 2.24) is 0 Å². The van der Waals surface area contributed by atoms with Gasteiger partial charge in [0.25, 0.3) is 0 Å². The standard InChI is InChI=1S/C52H30S2.C2H6/c1-3-16-47-39(10-1)43-14-6-12-37(51(43)53-47)31-18-22-33(23-19-31)45-30-46(42-29-27-36-9-5-8-35-26-28-41(45)50(42)49(35)36)34-24-20-32(21-25-34)38-13-7-15-44-40-11-2-4-17-48(40)54-52(38)44;1-2/h1-30H;1-2H3. The molecule has 0 fully saturated rings. The molecule has 12 aromatic rings. The van der Waals surface area contributed by atoms with Gasteiger partial charge in [0.15, 0.2) is 0 Å². The quantitative estimate of drug-likeness (QED) is 0.157. The highest BCUT2D eigenvalue weighted by Gasteiger charge is 2.18. The topological polar surface area (TPSA) is 0 Å². The molecule has 0 unspecified atom stereocenters. The lowest BCUT2D eigenvalue weighted by molar-refractivity contribution is 1.50. The van der Waals surface area contributed by atoms with E-state index >= 15 is 0 Å². The highest BCUT2D eigenvalue weighted by Crippen LogP contribution is 2.46. The molecular formula is C54H36S2. The van der Waals surface area contributed by atoms with E-state index in [1.54, 1.807) is 0 Å². The van der Waals surface area contributed by atoms with Crippen LogP contribution in [0.5, 0.6) is 0 Å². The van der Waals surface area contributed by atoms with Gasteiger partial charge in [-0.15, -0.1) is 22.7 Å². The fraction of sp³-hybridized carbons (Fsp3) is 0.0370. The Labute approximate surface area is 333 Å². The van der Waals surface area contributed by atoms with Crippen LogP contribution in [0.4, 0.5) is 0 Å². The van der Waals surface area contributed by atoms with Crippen LogP contribution in [0, 0.1) is 0 Å². The number of hydrogen-bond donors (Lipinski definition) is 0. The lowest BCUT2D eigenvalue weighted by Gasteiger charge is -2.18. The molecule has 10 aromatic carbocycles. The predicted octanol–water partition coefficient (Wildman–Crippen LogP) is 17.0. The van der Waals surface area contributed by atoms with Crippen LogP contribution in [0.3, 0.4) is 0 Å². The van der Waals surface area contributed by atoms with Crippen LogP contribution >= 0.6 is 22.7 Å². The highest BCUT2D eigenvalue weighted by atomic mass is 32.1. The Balaban J connectivity index is 0.00000179. The minimum absolute atomic E-state index is 1.23. The van der Waals surface area contributed by atoms with Crippen molar-refractivity contribution in [2.24, 2.45) is 0 Å². The third-order valence-corrected chi connectivity index (χ3v) is 13.9. The molecule has 0 atom stereocenters. The highest BCUT2D eigenvalue weighted by molar-refractivity contribution is 7.26. The van der Waals surface area contributed by atoms with Crippen LogP contribution in [0.25, 0.3) is 117 Å². The van der Waals surface area contributed by atoms with Crippen molar-refractivity contribution in [3.63, 3.8) is 0 Å². The zero-order valence-corrected chi connectivity index (χ0v) is 32.8. The number of benzene rings is 10. The molecule has 2 heterocycles. The van der Waals surface area contributed by atoms with Gasteiger partial charge >= 0.3 is 0 Å². The first-order valence-electron chi connectivity index (χ1n) is 19.5. The minimum atomic E-state index is 1.23. The first-order chi connectivity index (χ1) is 27.8. The number of rotatable bonds is 4. The van der Waals surface area contributed by atoms with Gasteiger partial charge in [0.1, 0.15) is 0 Å². The summed E-state index contributed by atoms with van der Waals surface area (Å²) in [5, 5.41) is 13.2. The van der Waals surface area contributed by atoms with E-state index in [0.717, 1.165) is 0 Å². The van der Waals surface area contributed by atoms with Crippen molar-refractivity contribution in [3.8, 4) is 44.5 Å². The van der Waals surface area contributed by atoms with E-state index in [1.807, 2.05) is 36.5 Å². The first-order valence-corrected chi connectivity index (χ1v) is 21.1. The van der Waals surface area contributed by atoms with Crippen molar-refractivity contribution in [2.75, 3.05) is 0 Å². The summed E-state index contributed by atoms with van der Waals surface area (Å²) in [6, 6.07) is 67.9. The monoisotopic (exact) mass is 748 g/mol. The van der Waals surface area contributed by atoms with E-state index in [0.29, 0.717) is 0 Å². The van der Waals surface area contributed by atoms with Crippen LogP contribution in [0.15, 0.2) is 182 Å². The van der Waals surface area contributed by atoms with E-state index in [2.05, 4.69) is 182 Å². The van der Waals surface area contributed by atoms with Gasteiger partial charge in [-0.25, -0.2) is 0 Å². The van der Waals surface area contributed by atoms with Gasteiger partial charge in [0.2, 0.25) is 0 Å². The van der Waals surface area contributed by atoms with E-state index < -0.39 is 0 Å². The Morgan fingerprint density at radius 2 is 0.679 bits per heavy atom. The fourth-order valence-electron chi connectivity index (χ4n) is 8.92. The molecule has 2 aromatic heterocycles. The third-order valence-electron chi connectivity index (χ3n) is 11.5. The molecule has 0 aliphatic rings. The molecule has 0 amide bonds. The van der Waals surface area contributed by atoms with Gasteiger partial charge in [-0.1, -0.05) is 178 Å². The minimum Gasteiger partial charge on any atom is -0.135 e. The Hall–Kier alpha value is -6.32. The molecule has 0 N–H and O–H groups in total. The maximum atomic E-state index is 2.44. The molecular weight excluding hydrogens is 713 g/mol. The summed E-state index contributed by atoms with van der Waals surface area (Å²) in [6.07, 6.45) is 0. The summed E-state index contributed by atoms with van der Waals surface area (Å²) in [6.45, 7) is 4.00. The molecule has 56 heavy (non-hydrogen) atoms. The summed E-state index contributed by atoms with van der Waals surface area (Å²) in [5.41, 5.74) is 10.1. The Kier molecular flexibility index (Phi) is 7.77. The molecule has 264 valence electrons. The number of thiophene rings is 2. The summed E-state index contributed by atoms with van der Waals surface area (Å²) in [5.74, 6) is 0. The van der Waals surface area contributed by atoms with E-state index in [1.165, 1.54) is 117 Å². The average molecular weight is 749 g/mol. The third kappa shape index (κ3) is 5.03. The van der Waals surface area contributed by atoms with Crippen molar-refractivity contribution in [3.05, 3.63) is 182 Å². The molecule has 0 saturated heterocycles. The summed E-state index contributed by atoms with van der Waals surface area (Å²) in [7, 11) is 0. The Morgan fingerprint density at radius 3 is 1.14 bits per heavy atom. The van der Waals surface area contributed by atoms with Crippen molar-refractivity contribution in [2.45, 2.75) is 13.8 Å². The second kappa shape index (κ2) is 13.2. The maximum Gasteiger partial charge on any atom is 0.0433 e. The van der Waals surface area contributed by atoms with Crippen LogP contribution in [-0.2, 0) is 0 Å². The first kappa shape index (κ1) is 33.1. The Morgan fingerprint density at radius 1 is 0.286 bits per heavy atom. The lowest BCUT2D eigenvalue weighted by Crippen LogP contribution is -1.91. The van der Waals surface area contributed by atoms with Gasteiger partial charge in [-0.2, -0.15) is 0 Å². The molecule has 0 saturated carbocycles. The molecule has 0 radical (unpaired) electrons. The van der Waals surface area contributed by atoms with Gasteiger partial charge in [-0.05, 0) is 95.0 Å². The van der Waals surface area contributed by atoms with Crippen molar-refractivity contribution < 1.29 is 0 Å². The van der Waals surface area contributed by atoms with E-state index in [9.17, 15) is 0 Å². The van der Waals surface area contributed by atoms with Gasteiger partial charge in [0.05, 0.1) is 0 Å². The smallest absolute Gasteiger partial charge is 0.0433 e. The molecule has 0 nitrogen and oxygen atoms in total. The number of hydrogen-bond acceptors (Lipinski definition) is 2. The van der Waals surface area contributed by atoms with Crippen molar-refractivity contribution in [1.29, 1.82) is 0 Å². The second-order valence-corrected chi connectivity index (χ2v) is 16.5. The molecule has 0 spiro atoms. The lowest BCUT2D eigenvalue weighted by atomic mass is 9.85. The van der Waals surface area contributed by atoms with Crippen LogP contribution in [0.2, 0.25) is 0 Å². The normalized spacial score (nSPS) is 11.8. The summed E-state index contributed by atoms with van der Waals surface area (Å²) >= 11 is 3.78. The fourth-order valence-corrected chi connectivity index (χ4v) is 11.4. The summed E-state index contributed by atoms with van der Waals surface area (Å²) in [4.78, 5) is 0. The maximum absolute atomic E-state index is 2.44. The van der Waals surface area contributed by atoms with Gasteiger partial charge in [-0.3, -0.25) is 0 Å². The summed E-state index contributed by atoms with van der Waals surface area (Å²) < 4.78 is 5.37. The van der Waals surface area contributed by atoms with Crippen LogP contribution < -0.4 is 0 Å². The van der Waals surface area contributed by atoms with Gasteiger partial charge in [0, 0.05) is 40.3 Å². The van der Waals surface area contributed by atoms with Crippen LogP contribution in [-0.4, -0.2) is 0 Å². The molecule has 2 heteroatoms. The van der Waals surface area contributed by atoms with Gasteiger partial charge < -0.3 is 0 Å². The van der Waals surface area contributed by atoms with Crippen molar-refractivity contribution >= 4 is 95.3 Å². The molecule has 12 rings (SSSR count).